The molecule has 2 heterocycles. The fraction of sp³-hybridized carbons (Fsp3) is 0.611. The van der Waals surface area contributed by atoms with E-state index in [0.29, 0.717) is 19.7 Å². The molecule has 1 aromatic carbocycles. The summed E-state index contributed by atoms with van der Waals surface area (Å²) in [5, 5.41) is 2.97. The van der Waals surface area contributed by atoms with Gasteiger partial charge in [-0.15, -0.1) is 24.8 Å². The molecule has 0 bridgehead atoms. The molecule has 3 atom stereocenters. The van der Waals surface area contributed by atoms with Gasteiger partial charge in [-0.1, -0.05) is 30.3 Å². The summed E-state index contributed by atoms with van der Waals surface area (Å²) < 4.78 is 11.4. The molecule has 2 saturated heterocycles. The van der Waals surface area contributed by atoms with E-state index < -0.39 is 0 Å². The van der Waals surface area contributed by atoms with E-state index in [-0.39, 0.29) is 49.0 Å². The number of nitrogens with one attached hydrogen (secondary N) is 1. The minimum atomic E-state index is -0.359. The number of hydrogen-bond donors (Lipinski definition) is 2. The third-order valence-corrected chi connectivity index (χ3v) is 4.64. The molecule has 0 aromatic heterocycles. The summed E-state index contributed by atoms with van der Waals surface area (Å²) in [7, 11) is 0. The van der Waals surface area contributed by atoms with Crippen molar-refractivity contribution >= 4 is 30.7 Å². The van der Waals surface area contributed by atoms with E-state index >= 15 is 0 Å². The fourth-order valence-electron chi connectivity index (χ4n) is 3.29. The van der Waals surface area contributed by atoms with Crippen molar-refractivity contribution in [2.75, 3.05) is 32.8 Å². The Hall–Kier alpha value is -0.890. The Bertz CT molecular complexity index is 536. The Labute approximate surface area is 167 Å². The van der Waals surface area contributed by atoms with Crippen molar-refractivity contribution in [3.63, 3.8) is 0 Å². The lowest BCUT2D eigenvalue weighted by Gasteiger charge is -2.33. The van der Waals surface area contributed by atoms with E-state index in [9.17, 15) is 4.79 Å². The molecule has 0 aliphatic carbocycles. The SMILES string of the molecule is Cl.Cl.NC[C@H]1CC[C@@H](C(=O)NCC2CN(Cc3ccccc3)CCO2)O1. The van der Waals surface area contributed by atoms with Gasteiger partial charge in [0.2, 0.25) is 5.91 Å². The lowest BCUT2D eigenvalue weighted by atomic mass is 10.1. The number of rotatable bonds is 6. The van der Waals surface area contributed by atoms with E-state index in [4.69, 9.17) is 15.2 Å². The number of morpholine rings is 1. The molecule has 3 rings (SSSR count). The first-order valence-electron chi connectivity index (χ1n) is 8.75. The summed E-state index contributed by atoms with van der Waals surface area (Å²) in [6.07, 6.45) is 1.30. The van der Waals surface area contributed by atoms with E-state index in [0.717, 1.165) is 32.5 Å². The molecule has 0 radical (unpaired) electrons. The number of nitrogens with zero attached hydrogens (tertiary/aromatic N) is 1. The average Bonchev–Trinajstić information content (AvgIpc) is 3.10. The number of ether oxygens (including phenoxy) is 2. The number of amides is 1. The van der Waals surface area contributed by atoms with Gasteiger partial charge in [0.05, 0.1) is 18.8 Å². The third kappa shape index (κ3) is 6.68. The Kier molecular flexibility index (Phi) is 10.5. The topological polar surface area (TPSA) is 76.8 Å². The number of nitrogens with two attached hydrogens (primary N) is 1. The maximum atomic E-state index is 12.2. The number of benzene rings is 1. The van der Waals surface area contributed by atoms with E-state index in [1.807, 2.05) is 6.07 Å². The van der Waals surface area contributed by atoms with Gasteiger partial charge in [0.1, 0.15) is 6.10 Å². The van der Waals surface area contributed by atoms with Crippen molar-refractivity contribution in [1.29, 1.82) is 0 Å². The van der Waals surface area contributed by atoms with Crippen LogP contribution in [0.15, 0.2) is 30.3 Å². The minimum Gasteiger partial charge on any atom is -0.374 e. The van der Waals surface area contributed by atoms with Gasteiger partial charge in [-0.3, -0.25) is 9.69 Å². The van der Waals surface area contributed by atoms with Crippen molar-refractivity contribution in [3.8, 4) is 0 Å². The van der Waals surface area contributed by atoms with E-state index in [1.54, 1.807) is 0 Å². The van der Waals surface area contributed by atoms with Gasteiger partial charge in [0, 0.05) is 32.7 Å². The van der Waals surface area contributed by atoms with Crippen molar-refractivity contribution in [2.24, 2.45) is 5.73 Å². The number of carbonyl (C=O) groups is 1. The van der Waals surface area contributed by atoms with Crippen LogP contribution < -0.4 is 11.1 Å². The van der Waals surface area contributed by atoms with Crippen LogP contribution in [0.3, 0.4) is 0 Å². The van der Waals surface area contributed by atoms with Gasteiger partial charge in [-0.2, -0.15) is 0 Å². The average molecular weight is 406 g/mol. The summed E-state index contributed by atoms with van der Waals surface area (Å²) in [5.74, 6) is -0.0465. The number of carbonyl (C=O) groups excluding carboxylic acids is 1. The van der Waals surface area contributed by atoms with E-state index in [1.165, 1.54) is 5.56 Å². The Morgan fingerprint density at radius 1 is 1.19 bits per heavy atom. The maximum Gasteiger partial charge on any atom is 0.249 e. The first-order valence-corrected chi connectivity index (χ1v) is 8.75. The Morgan fingerprint density at radius 3 is 2.65 bits per heavy atom. The summed E-state index contributed by atoms with van der Waals surface area (Å²) in [4.78, 5) is 14.5. The van der Waals surface area contributed by atoms with Crippen LogP contribution in [0.2, 0.25) is 0 Å². The molecule has 26 heavy (non-hydrogen) atoms. The van der Waals surface area contributed by atoms with Gasteiger partial charge in [-0.25, -0.2) is 0 Å². The summed E-state index contributed by atoms with van der Waals surface area (Å²) >= 11 is 0. The normalized spacial score (nSPS) is 25.8. The van der Waals surface area contributed by atoms with Crippen LogP contribution in [0.25, 0.3) is 0 Å². The smallest absolute Gasteiger partial charge is 0.249 e. The van der Waals surface area contributed by atoms with Gasteiger partial charge < -0.3 is 20.5 Å². The van der Waals surface area contributed by atoms with Crippen molar-refractivity contribution in [1.82, 2.24) is 10.2 Å². The van der Waals surface area contributed by atoms with Crippen LogP contribution >= 0.6 is 24.8 Å². The lowest BCUT2D eigenvalue weighted by Crippen LogP contribution is -2.48. The largest absolute Gasteiger partial charge is 0.374 e. The highest BCUT2D eigenvalue weighted by Gasteiger charge is 2.30. The molecular formula is C18H29Cl2N3O3. The molecule has 3 N–H and O–H groups in total. The Balaban J connectivity index is 0.00000169. The number of hydrogen-bond acceptors (Lipinski definition) is 5. The summed E-state index contributed by atoms with van der Waals surface area (Å²) in [5.41, 5.74) is 6.88. The van der Waals surface area contributed by atoms with Crippen LogP contribution in [-0.4, -0.2) is 61.9 Å². The zero-order chi connectivity index (χ0) is 16.8. The van der Waals surface area contributed by atoms with Crippen LogP contribution in [0.4, 0.5) is 0 Å². The third-order valence-electron chi connectivity index (χ3n) is 4.64. The first kappa shape index (κ1) is 23.1. The molecule has 6 nitrogen and oxygen atoms in total. The highest BCUT2D eigenvalue weighted by molar-refractivity contribution is 5.85. The van der Waals surface area contributed by atoms with E-state index in [2.05, 4.69) is 34.5 Å². The molecule has 0 saturated carbocycles. The predicted molar refractivity (Wildman–Crippen MR) is 106 cm³/mol. The lowest BCUT2D eigenvalue weighted by molar-refractivity contribution is -0.133. The highest BCUT2D eigenvalue weighted by atomic mass is 35.5. The van der Waals surface area contributed by atoms with Crippen molar-refractivity contribution in [2.45, 2.75) is 37.7 Å². The second kappa shape index (κ2) is 11.7. The molecule has 148 valence electrons. The highest BCUT2D eigenvalue weighted by Crippen LogP contribution is 2.19. The maximum absolute atomic E-state index is 12.2. The number of halogens is 2. The van der Waals surface area contributed by atoms with Gasteiger partial charge >= 0.3 is 0 Å². The van der Waals surface area contributed by atoms with Gasteiger partial charge in [0.25, 0.3) is 0 Å². The van der Waals surface area contributed by atoms with Crippen LogP contribution in [0, 0.1) is 0 Å². The molecule has 1 aromatic rings. The molecule has 2 fully saturated rings. The molecular weight excluding hydrogens is 377 g/mol. The summed E-state index contributed by atoms with van der Waals surface area (Å²) in [6.45, 7) is 4.36. The van der Waals surface area contributed by atoms with Crippen molar-refractivity contribution in [3.05, 3.63) is 35.9 Å². The monoisotopic (exact) mass is 405 g/mol. The molecule has 1 amide bonds. The van der Waals surface area contributed by atoms with Crippen LogP contribution in [-0.2, 0) is 20.8 Å². The van der Waals surface area contributed by atoms with Gasteiger partial charge in [0.15, 0.2) is 0 Å². The predicted octanol–water partition coefficient (Wildman–Crippen LogP) is 1.35. The molecule has 2 aliphatic rings. The zero-order valence-corrected chi connectivity index (χ0v) is 16.5. The first-order chi connectivity index (χ1) is 11.7. The molecule has 0 spiro atoms. The Morgan fingerprint density at radius 2 is 1.96 bits per heavy atom. The molecule has 2 aliphatic heterocycles. The molecule has 8 heteroatoms. The standard InChI is InChI=1S/C18H27N3O3.2ClH/c19-10-15-6-7-17(24-15)18(22)20-11-16-13-21(8-9-23-16)12-14-4-2-1-3-5-14;;/h1-5,15-17H,6-13,19H2,(H,20,22);2*1H/t15-,16?,17+;;/m1../s1. The fourth-order valence-corrected chi connectivity index (χ4v) is 3.29. The van der Waals surface area contributed by atoms with Crippen LogP contribution in [0.1, 0.15) is 18.4 Å². The second-order valence-electron chi connectivity index (χ2n) is 6.52. The molecule has 1 unspecified atom stereocenters. The second-order valence-corrected chi connectivity index (χ2v) is 6.52. The van der Waals surface area contributed by atoms with Crippen molar-refractivity contribution < 1.29 is 14.3 Å². The summed E-state index contributed by atoms with van der Waals surface area (Å²) in [6, 6.07) is 10.4. The minimum absolute atomic E-state index is 0. The van der Waals surface area contributed by atoms with Crippen LogP contribution in [0.5, 0.6) is 0 Å². The quantitative estimate of drug-likeness (QED) is 0.746. The zero-order valence-electron chi connectivity index (χ0n) is 14.8. The van der Waals surface area contributed by atoms with Gasteiger partial charge in [-0.05, 0) is 18.4 Å².